The summed E-state index contributed by atoms with van der Waals surface area (Å²) in [5, 5.41) is 2.28. The summed E-state index contributed by atoms with van der Waals surface area (Å²) in [4.78, 5) is 27.6. The molecule has 3 aromatic rings. The van der Waals surface area contributed by atoms with Crippen LogP contribution in [0.2, 0.25) is 0 Å². The standard InChI is InChI=1S/C27H25NO4/c29-26(11-9-20-6-3-5-19-4-1-2-7-23(19)20)28-14-12-21(13-15-28)27(30)22-8-10-24-25(18-22)32-17-16-31-24/h1-11,18,21H,12-17H2/b11-9+. The Kier molecular flexibility index (Phi) is 5.63. The minimum atomic E-state index is -0.0799. The van der Waals surface area contributed by atoms with Crippen LogP contribution in [0.3, 0.4) is 0 Å². The van der Waals surface area contributed by atoms with Gasteiger partial charge in [0, 0.05) is 30.6 Å². The van der Waals surface area contributed by atoms with E-state index in [2.05, 4.69) is 18.2 Å². The molecular formula is C27H25NO4. The molecule has 2 aliphatic rings. The third kappa shape index (κ3) is 4.11. The lowest BCUT2D eigenvalue weighted by Crippen LogP contribution is -2.39. The molecule has 0 N–H and O–H groups in total. The Morgan fingerprint density at radius 1 is 0.875 bits per heavy atom. The van der Waals surface area contributed by atoms with Gasteiger partial charge in [-0.05, 0) is 53.5 Å². The van der Waals surface area contributed by atoms with Crippen LogP contribution in [0.25, 0.3) is 16.8 Å². The SMILES string of the molecule is O=C(c1ccc2c(c1)OCCO2)C1CCN(C(=O)/C=C/c2cccc3ccccc23)CC1. The van der Waals surface area contributed by atoms with Crippen molar-refractivity contribution in [1.29, 1.82) is 0 Å². The number of hydrogen-bond donors (Lipinski definition) is 0. The van der Waals surface area contributed by atoms with Crippen molar-refractivity contribution in [3.8, 4) is 11.5 Å². The van der Waals surface area contributed by atoms with Gasteiger partial charge in [0.15, 0.2) is 17.3 Å². The summed E-state index contributed by atoms with van der Waals surface area (Å²) < 4.78 is 11.1. The van der Waals surface area contributed by atoms with E-state index in [1.807, 2.05) is 35.2 Å². The van der Waals surface area contributed by atoms with Crippen molar-refractivity contribution < 1.29 is 19.1 Å². The Morgan fingerprint density at radius 3 is 2.47 bits per heavy atom. The maximum absolute atomic E-state index is 13.0. The van der Waals surface area contributed by atoms with Gasteiger partial charge in [0.05, 0.1) is 0 Å². The van der Waals surface area contributed by atoms with Crippen LogP contribution in [-0.2, 0) is 4.79 Å². The number of rotatable bonds is 4. The molecule has 1 saturated heterocycles. The van der Waals surface area contributed by atoms with E-state index in [1.54, 1.807) is 24.3 Å². The molecule has 0 bridgehead atoms. The summed E-state index contributed by atoms with van der Waals surface area (Å²) in [7, 11) is 0. The van der Waals surface area contributed by atoms with E-state index in [0.29, 0.717) is 56.2 Å². The monoisotopic (exact) mass is 427 g/mol. The Labute approximate surface area is 187 Å². The van der Waals surface area contributed by atoms with Crippen LogP contribution in [0, 0.1) is 5.92 Å². The van der Waals surface area contributed by atoms with Gasteiger partial charge in [0.25, 0.3) is 0 Å². The Bertz CT molecular complexity index is 1190. The molecular weight excluding hydrogens is 402 g/mol. The smallest absolute Gasteiger partial charge is 0.246 e. The van der Waals surface area contributed by atoms with Crippen molar-refractivity contribution >= 4 is 28.5 Å². The fraction of sp³-hybridized carbons (Fsp3) is 0.259. The summed E-state index contributed by atoms with van der Waals surface area (Å²) in [6.07, 6.45) is 4.87. The first-order valence-corrected chi connectivity index (χ1v) is 11.1. The summed E-state index contributed by atoms with van der Waals surface area (Å²) in [5.41, 5.74) is 1.68. The van der Waals surface area contributed by atoms with Gasteiger partial charge in [-0.3, -0.25) is 9.59 Å². The Hall–Kier alpha value is -3.60. The largest absolute Gasteiger partial charge is 0.486 e. The van der Waals surface area contributed by atoms with Gasteiger partial charge in [-0.2, -0.15) is 0 Å². The second kappa shape index (κ2) is 8.87. The number of amides is 1. The zero-order valence-corrected chi connectivity index (χ0v) is 17.8. The topological polar surface area (TPSA) is 55.8 Å². The summed E-state index contributed by atoms with van der Waals surface area (Å²) in [6.45, 7) is 2.19. The third-order valence-corrected chi connectivity index (χ3v) is 6.23. The maximum Gasteiger partial charge on any atom is 0.246 e. The molecule has 0 radical (unpaired) electrons. The predicted octanol–water partition coefficient (Wildman–Crippen LogP) is 4.75. The Morgan fingerprint density at radius 2 is 1.62 bits per heavy atom. The third-order valence-electron chi connectivity index (χ3n) is 6.23. The molecule has 0 unspecified atom stereocenters. The molecule has 162 valence electrons. The van der Waals surface area contributed by atoms with Crippen molar-refractivity contribution in [3.63, 3.8) is 0 Å². The van der Waals surface area contributed by atoms with Crippen LogP contribution in [0.1, 0.15) is 28.8 Å². The molecule has 2 heterocycles. The lowest BCUT2D eigenvalue weighted by atomic mass is 9.88. The van der Waals surface area contributed by atoms with Gasteiger partial charge in [0.1, 0.15) is 13.2 Å². The normalized spacial score (nSPS) is 16.4. The first kappa shape index (κ1) is 20.3. The van der Waals surface area contributed by atoms with E-state index < -0.39 is 0 Å². The van der Waals surface area contributed by atoms with Gasteiger partial charge >= 0.3 is 0 Å². The fourth-order valence-electron chi connectivity index (χ4n) is 4.46. The number of hydrogen-bond acceptors (Lipinski definition) is 4. The lowest BCUT2D eigenvalue weighted by Gasteiger charge is -2.30. The highest BCUT2D eigenvalue weighted by Gasteiger charge is 2.28. The molecule has 0 saturated carbocycles. The second-order valence-electron chi connectivity index (χ2n) is 8.22. The highest BCUT2D eigenvalue weighted by molar-refractivity contribution is 5.99. The number of carbonyl (C=O) groups is 2. The molecule has 5 nitrogen and oxygen atoms in total. The highest BCUT2D eigenvalue weighted by Crippen LogP contribution is 2.32. The van der Waals surface area contributed by atoms with E-state index in [9.17, 15) is 9.59 Å². The number of nitrogens with zero attached hydrogens (tertiary/aromatic N) is 1. The van der Waals surface area contributed by atoms with E-state index in [-0.39, 0.29) is 17.6 Å². The van der Waals surface area contributed by atoms with Crippen LogP contribution in [0.4, 0.5) is 0 Å². The summed E-state index contributed by atoms with van der Waals surface area (Å²) in [6, 6.07) is 19.6. The average molecular weight is 428 g/mol. The predicted molar refractivity (Wildman–Crippen MR) is 124 cm³/mol. The first-order valence-electron chi connectivity index (χ1n) is 11.1. The number of Topliss-reactive ketones (excluding diaryl/α,β-unsaturated/α-hetero) is 1. The molecule has 0 atom stereocenters. The minimum absolute atomic E-state index is 0.0110. The number of benzene rings is 3. The summed E-state index contributed by atoms with van der Waals surface area (Å²) >= 11 is 0. The van der Waals surface area contributed by atoms with Crippen LogP contribution in [-0.4, -0.2) is 42.9 Å². The highest BCUT2D eigenvalue weighted by atomic mass is 16.6. The van der Waals surface area contributed by atoms with E-state index in [0.717, 1.165) is 16.3 Å². The van der Waals surface area contributed by atoms with E-state index >= 15 is 0 Å². The fourth-order valence-corrected chi connectivity index (χ4v) is 4.46. The van der Waals surface area contributed by atoms with Gasteiger partial charge in [-0.25, -0.2) is 0 Å². The molecule has 3 aromatic carbocycles. The minimum Gasteiger partial charge on any atom is -0.486 e. The van der Waals surface area contributed by atoms with Crippen molar-refractivity contribution in [2.24, 2.45) is 5.92 Å². The van der Waals surface area contributed by atoms with Gasteiger partial charge < -0.3 is 14.4 Å². The molecule has 5 rings (SSSR count). The lowest BCUT2D eigenvalue weighted by molar-refractivity contribution is -0.127. The zero-order chi connectivity index (χ0) is 21.9. The van der Waals surface area contributed by atoms with Crippen molar-refractivity contribution in [1.82, 2.24) is 4.90 Å². The Balaban J connectivity index is 1.21. The zero-order valence-electron chi connectivity index (χ0n) is 17.8. The van der Waals surface area contributed by atoms with Crippen LogP contribution in [0.15, 0.2) is 66.7 Å². The molecule has 0 aromatic heterocycles. The number of piperidine rings is 1. The average Bonchev–Trinajstić information content (AvgIpc) is 2.86. The van der Waals surface area contributed by atoms with Gasteiger partial charge in [0.2, 0.25) is 5.91 Å². The molecule has 2 aliphatic heterocycles. The maximum atomic E-state index is 13.0. The molecule has 32 heavy (non-hydrogen) atoms. The molecule has 1 amide bonds. The summed E-state index contributed by atoms with van der Waals surface area (Å²) in [5.74, 6) is 1.34. The first-order chi connectivity index (χ1) is 15.7. The quantitative estimate of drug-likeness (QED) is 0.446. The molecule has 5 heteroatoms. The van der Waals surface area contributed by atoms with E-state index in [1.165, 1.54) is 0 Å². The molecule has 0 aliphatic carbocycles. The second-order valence-corrected chi connectivity index (χ2v) is 8.22. The van der Waals surface area contributed by atoms with Crippen molar-refractivity contribution in [2.75, 3.05) is 26.3 Å². The van der Waals surface area contributed by atoms with Crippen molar-refractivity contribution in [2.45, 2.75) is 12.8 Å². The molecule has 1 fully saturated rings. The number of ketones is 1. The number of fused-ring (bicyclic) bond motifs is 2. The van der Waals surface area contributed by atoms with Crippen molar-refractivity contribution in [3.05, 3.63) is 77.9 Å². The van der Waals surface area contributed by atoms with Crippen LogP contribution < -0.4 is 9.47 Å². The molecule has 0 spiro atoms. The number of likely N-dealkylation sites (tertiary alicyclic amines) is 1. The van der Waals surface area contributed by atoms with Gasteiger partial charge in [-0.1, -0.05) is 42.5 Å². The number of ether oxygens (including phenoxy) is 2. The van der Waals surface area contributed by atoms with Crippen LogP contribution >= 0.6 is 0 Å². The van der Waals surface area contributed by atoms with Gasteiger partial charge in [-0.15, -0.1) is 0 Å². The van der Waals surface area contributed by atoms with Crippen LogP contribution in [0.5, 0.6) is 11.5 Å². The van der Waals surface area contributed by atoms with E-state index in [4.69, 9.17) is 9.47 Å². The number of carbonyl (C=O) groups excluding carboxylic acids is 2.